The van der Waals surface area contributed by atoms with Crippen molar-refractivity contribution < 1.29 is 19.0 Å². The third-order valence-electron chi connectivity index (χ3n) is 2.94. The molecule has 1 aliphatic heterocycles. The molecule has 2 rings (SSSR count). The quantitative estimate of drug-likeness (QED) is 0.861. The molecule has 0 amide bonds. The van der Waals surface area contributed by atoms with Gasteiger partial charge in [0.15, 0.2) is 11.5 Å². The zero-order valence-corrected chi connectivity index (χ0v) is 10.1. The highest BCUT2D eigenvalue weighted by Crippen LogP contribution is 2.41. The minimum absolute atomic E-state index is 0.149. The van der Waals surface area contributed by atoms with E-state index in [1.54, 1.807) is 19.9 Å². The predicted octanol–water partition coefficient (Wildman–Crippen LogP) is 2.26. The molecule has 0 saturated heterocycles. The fraction of sp³-hybridized carbons (Fsp3) is 0.538. The molecular weight excluding hydrogens is 223 g/mol. The van der Waals surface area contributed by atoms with E-state index < -0.39 is 5.41 Å². The van der Waals surface area contributed by atoms with Gasteiger partial charge in [0, 0.05) is 17.4 Å². The van der Waals surface area contributed by atoms with Crippen LogP contribution in [0.3, 0.4) is 0 Å². The predicted molar refractivity (Wildman–Crippen MR) is 62.1 cm³/mol. The monoisotopic (exact) mass is 240 g/mol. The van der Waals surface area contributed by atoms with E-state index in [1.165, 1.54) is 6.07 Å². The zero-order chi connectivity index (χ0) is 12.5. The smallest absolute Gasteiger partial charge is 0.167 e. The second-order valence-corrected chi connectivity index (χ2v) is 4.84. The van der Waals surface area contributed by atoms with Crippen molar-refractivity contribution in [1.29, 1.82) is 0 Å². The van der Waals surface area contributed by atoms with Gasteiger partial charge < -0.3 is 14.6 Å². The van der Waals surface area contributed by atoms with E-state index in [4.69, 9.17) is 9.47 Å². The van der Waals surface area contributed by atoms with Crippen LogP contribution in [0.4, 0.5) is 4.39 Å². The molecule has 17 heavy (non-hydrogen) atoms. The summed E-state index contributed by atoms with van der Waals surface area (Å²) in [6, 6.07) is 2.94. The molecule has 0 unspecified atom stereocenters. The average molecular weight is 240 g/mol. The van der Waals surface area contributed by atoms with Gasteiger partial charge >= 0.3 is 0 Å². The minimum atomic E-state index is -0.691. The summed E-state index contributed by atoms with van der Waals surface area (Å²) >= 11 is 0. The summed E-state index contributed by atoms with van der Waals surface area (Å²) in [5.41, 5.74) is -0.303. The number of benzene rings is 1. The van der Waals surface area contributed by atoms with Gasteiger partial charge in [-0.15, -0.1) is 0 Å². The molecule has 0 atom stereocenters. The van der Waals surface area contributed by atoms with Crippen LogP contribution >= 0.6 is 0 Å². The molecule has 0 aliphatic carbocycles. The van der Waals surface area contributed by atoms with E-state index in [1.807, 2.05) is 0 Å². The minimum Gasteiger partial charge on any atom is -0.490 e. The highest BCUT2D eigenvalue weighted by molar-refractivity contribution is 5.51. The van der Waals surface area contributed by atoms with Gasteiger partial charge in [-0.1, -0.05) is 13.8 Å². The van der Waals surface area contributed by atoms with Gasteiger partial charge in [0.2, 0.25) is 0 Å². The summed E-state index contributed by atoms with van der Waals surface area (Å²) in [4.78, 5) is 0. The van der Waals surface area contributed by atoms with Crippen LogP contribution in [0.5, 0.6) is 11.5 Å². The van der Waals surface area contributed by atoms with Gasteiger partial charge in [-0.3, -0.25) is 0 Å². The van der Waals surface area contributed by atoms with Crippen LogP contribution in [0.2, 0.25) is 0 Å². The summed E-state index contributed by atoms with van der Waals surface area (Å²) in [5, 5.41) is 9.38. The number of ether oxygens (including phenoxy) is 2. The first-order valence-electron chi connectivity index (χ1n) is 5.76. The Morgan fingerprint density at radius 2 is 2.00 bits per heavy atom. The Hall–Kier alpha value is -1.29. The van der Waals surface area contributed by atoms with Crippen molar-refractivity contribution in [3.05, 3.63) is 23.5 Å². The van der Waals surface area contributed by atoms with Crippen molar-refractivity contribution in [2.75, 3.05) is 19.8 Å². The molecule has 1 heterocycles. The Bertz CT molecular complexity index is 415. The van der Waals surface area contributed by atoms with E-state index >= 15 is 0 Å². The largest absolute Gasteiger partial charge is 0.490 e. The fourth-order valence-corrected chi connectivity index (χ4v) is 1.92. The Labute approximate surface area is 100 Å². The van der Waals surface area contributed by atoms with Gasteiger partial charge in [0.25, 0.3) is 0 Å². The molecule has 0 bridgehead atoms. The van der Waals surface area contributed by atoms with Gasteiger partial charge in [0.1, 0.15) is 5.82 Å². The Morgan fingerprint density at radius 3 is 2.71 bits per heavy atom. The molecule has 0 spiro atoms. The van der Waals surface area contributed by atoms with E-state index in [2.05, 4.69) is 0 Å². The van der Waals surface area contributed by atoms with E-state index in [9.17, 15) is 9.50 Å². The van der Waals surface area contributed by atoms with Crippen LogP contribution in [0.1, 0.15) is 25.8 Å². The van der Waals surface area contributed by atoms with Crippen molar-refractivity contribution in [1.82, 2.24) is 0 Å². The third kappa shape index (κ3) is 2.22. The van der Waals surface area contributed by atoms with Crippen molar-refractivity contribution >= 4 is 0 Å². The van der Waals surface area contributed by atoms with Crippen molar-refractivity contribution in [3.8, 4) is 11.5 Å². The summed E-state index contributed by atoms with van der Waals surface area (Å²) in [6.07, 6.45) is 0.773. The van der Waals surface area contributed by atoms with E-state index in [-0.39, 0.29) is 12.4 Å². The van der Waals surface area contributed by atoms with Gasteiger partial charge in [0.05, 0.1) is 19.8 Å². The second-order valence-electron chi connectivity index (χ2n) is 4.84. The average Bonchev–Trinajstić information content (AvgIpc) is 2.53. The molecule has 4 heteroatoms. The van der Waals surface area contributed by atoms with Crippen LogP contribution in [0, 0.1) is 5.82 Å². The first-order valence-corrected chi connectivity index (χ1v) is 5.76. The van der Waals surface area contributed by atoms with Crippen LogP contribution in [-0.2, 0) is 5.41 Å². The molecule has 94 valence electrons. The molecule has 1 aromatic carbocycles. The number of halogens is 1. The lowest BCUT2D eigenvalue weighted by molar-refractivity contribution is 0.208. The highest BCUT2D eigenvalue weighted by Gasteiger charge is 2.30. The zero-order valence-electron chi connectivity index (χ0n) is 10.1. The van der Waals surface area contributed by atoms with Crippen molar-refractivity contribution in [2.24, 2.45) is 0 Å². The van der Waals surface area contributed by atoms with Gasteiger partial charge in [-0.05, 0) is 12.1 Å². The van der Waals surface area contributed by atoms with Crippen molar-refractivity contribution in [2.45, 2.75) is 25.7 Å². The number of hydrogen-bond acceptors (Lipinski definition) is 3. The second kappa shape index (κ2) is 4.53. The molecule has 0 aromatic heterocycles. The summed E-state index contributed by atoms with van der Waals surface area (Å²) < 4.78 is 25.0. The highest BCUT2D eigenvalue weighted by atomic mass is 19.1. The van der Waals surface area contributed by atoms with Crippen LogP contribution < -0.4 is 9.47 Å². The topological polar surface area (TPSA) is 38.7 Å². The fourth-order valence-electron chi connectivity index (χ4n) is 1.92. The molecule has 0 saturated carbocycles. The van der Waals surface area contributed by atoms with Crippen LogP contribution in [0.25, 0.3) is 0 Å². The maximum absolute atomic E-state index is 13.9. The molecule has 0 radical (unpaired) electrons. The molecule has 1 aliphatic rings. The SMILES string of the molecule is CC(C)(CO)c1c(F)ccc2c1OCCCO2. The van der Waals surface area contributed by atoms with Crippen LogP contribution in [-0.4, -0.2) is 24.9 Å². The maximum atomic E-state index is 13.9. The van der Waals surface area contributed by atoms with E-state index in [0.29, 0.717) is 30.3 Å². The normalized spacial score (nSPS) is 15.5. The molecule has 0 fully saturated rings. The third-order valence-corrected chi connectivity index (χ3v) is 2.94. The summed E-state index contributed by atoms with van der Waals surface area (Å²) in [7, 11) is 0. The maximum Gasteiger partial charge on any atom is 0.167 e. The number of rotatable bonds is 2. The number of aliphatic hydroxyl groups is 1. The lowest BCUT2D eigenvalue weighted by atomic mass is 9.84. The van der Waals surface area contributed by atoms with Crippen LogP contribution in [0.15, 0.2) is 12.1 Å². The first kappa shape index (κ1) is 12.2. The summed E-state index contributed by atoms with van der Waals surface area (Å²) in [5.74, 6) is 0.621. The number of aliphatic hydroxyl groups excluding tert-OH is 1. The molecule has 1 N–H and O–H groups in total. The molecule has 1 aromatic rings. The lowest BCUT2D eigenvalue weighted by Gasteiger charge is -2.26. The Kier molecular flexibility index (Phi) is 3.24. The van der Waals surface area contributed by atoms with E-state index in [0.717, 1.165) is 6.42 Å². The lowest BCUT2D eigenvalue weighted by Crippen LogP contribution is -2.24. The van der Waals surface area contributed by atoms with Gasteiger partial charge in [-0.25, -0.2) is 4.39 Å². The Balaban J connectivity index is 2.57. The summed E-state index contributed by atoms with van der Waals surface area (Å²) in [6.45, 7) is 4.48. The van der Waals surface area contributed by atoms with Crippen molar-refractivity contribution in [3.63, 3.8) is 0 Å². The molecular formula is C13H17FO3. The van der Waals surface area contributed by atoms with Gasteiger partial charge in [-0.2, -0.15) is 0 Å². The first-order chi connectivity index (χ1) is 8.06. The number of fused-ring (bicyclic) bond motifs is 1. The molecule has 3 nitrogen and oxygen atoms in total. The standard InChI is InChI=1S/C13H17FO3/c1-13(2,8-15)11-9(14)4-5-10-12(11)17-7-3-6-16-10/h4-5,15H,3,6-8H2,1-2H3. The Morgan fingerprint density at radius 1 is 1.29 bits per heavy atom. The number of hydrogen-bond donors (Lipinski definition) is 1.